The molecule has 1 aliphatic heterocycles. The minimum absolute atomic E-state index is 0.264. The number of carbonyl (C=O) groups is 2. The van der Waals surface area contributed by atoms with Crippen LogP contribution in [0.25, 0.3) is 5.57 Å². The summed E-state index contributed by atoms with van der Waals surface area (Å²) in [5, 5.41) is 0. The van der Waals surface area contributed by atoms with Crippen molar-refractivity contribution in [3.05, 3.63) is 58.9 Å². The number of ether oxygens (including phenoxy) is 1. The molecule has 0 fully saturated rings. The summed E-state index contributed by atoms with van der Waals surface area (Å²) in [6.07, 6.45) is 1.59. The van der Waals surface area contributed by atoms with E-state index < -0.39 is 0 Å². The van der Waals surface area contributed by atoms with E-state index in [0.29, 0.717) is 34.1 Å². The van der Waals surface area contributed by atoms with Crippen molar-refractivity contribution in [1.82, 2.24) is 4.90 Å². The first kappa shape index (κ1) is 16.4. The first-order chi connectivity index (χ1) is 11.7. The second-order valence-corrected chi connectivity index (χ2v) is 6.11. The van der Waals surface area contributed by atoms with Gasteiger partial charge in [-0.3, -0.25) is 14.5 Å². The molecule has 1 aliphatic rings. The summed E-state index contributed by atoms with van der Waals surface area (Å²) in [6, 6.07) is 10.9. The van der Waals surface area contributed by atoms with Crippen LogP contribution in [0.1, 0.15) is 18.2 Å². The Hall–Kier alpha value is -2.47. The first-order valence-electron chi connectivity index (χ1n) is 7.56. The van der Waals surface area contributed by atoms with Crippen LogP contribution in [-0.2, 0) is 15.3 Å². The third-order valence-corrected chi connectivity index (χ3v) is 4.85. The lowest BCUT2D eigenvalue weighted by atomic mass is 10.1. The molecule has 5 nitrogen and oxygen atoms in total. The van der Waals surface area contributed by atoms with Gasteiger partial charge in [0.05, 0.1) is 29.6 Å². The maximum atomic E-state index is 12.7. The zero-order valence-corrected chi connectivity index (χ0v) is 14.3. The van der Waals surface area contributed by atoms with E-state index in [4.69, 9.17) is 9.15 Å². The van der Waals surface area contributed by atoms with E-state index in [2.05, 4.69) is 0 Å². The number of para-hydroxylation sites is 1. The molecule has 0 spiro atoms. The highest BCUT2D eigenvalue weighted by molar-refractivity contribution is 8.03. The third kappa shape index (κ3) is 2.85. The van der Waals surface area contributed by atoms with Gasteiger partial charge in [-0.2, -0.15) is 0 Å². The van der Waals surface area contributed by atoms with Gasteiger partial charge in [0.2, 0.25) is 0 Å². The monoisotopic (exact) mass is 343 g/mol. The summed E-state index contributed by atoms with van der Waals surface area (Å²) in [5.41, 5.74) is 1.03. The maximum absolute atomic E-state index is 12.7. The van der Waals surface area contributed by atoms with Crippen molar-refractivity contribution in [1.29, 1.82) is 0 Å². The number of nitrogens with zero attached hydrogens (tertiary/aromatic N) is 1. The number of methoxy groups -OCH3 is 1. The molecule has 0 unspecified atom stereocenters. The van der Waals surface area contributed by atoms with Crippen molar-refractivity contribution >= 4 is 29.1 Å². The predicted molar refractivity (Wildman–Crippen MR) is 92.3 cm³/mol. The van der Waals surface area contributed by atoms with Gasteiger partial charge in [-0.05, 0) is 25.1 Å². The van der Waals surface area contributed by atoms with Crippen LogP contribution in [0.15, 0.2) is 52.0 Å². The van der Waals surface area contributed by atoms with Crippen LogP contribution in [0.5, 0.6) is 5.75 Å². The molecule has 0 saturated heterocycles. The highest BCUT2D eigenvalue weighted by atomic mass is 32.2. The van der Waals surface area contributed by atoms with Crippen molar-refractivity contribution in [2.24, 2.45) is 0 Å². The quantitative estimate of drug-likeness (QED) is 0.753. The Balaban J connectivity index is 2.03. The van der Waals surface area contributed by atoms with Gasteiger partial charge < -0.3 is 9.15 Å². The average Bonchev–Trinajstić information content (AvgIpc) is 3.19. The topological polar surface area (TPSA) is 59.8 Å². The van der Waals surface area contributed by atoms with Crippen LogP contribution in [0, 0.1) is 0 Å². The van der Waals surface area contributed by atoms with Gasteiger partial charge in [0.25, 0.3) is 11.8 Å². The molecule has 2 heterocycles. The molecule has 124 valence electrons. The SMILES string of the molecule is CCN1C(=O)C(SCc2ccco2)=C(c2ccccc2OC)C1=O. The minimum Gasteiger partial charge on any atom is -0.496 e. The maximum Gasteiger partial charge on any atom is 0.267 e. The van der Waals surface area contributed by atoms with Crippen molar-refractivity contribution in [3.63, 3.8) is 0 Å². The van der Waals surface area contributed by atoms with E-state index in [0.717, 1.165) is 5.76 Å². The zero-order valence-electron chi connectivity index (χ0n) is 13.4. The fourth-order valence-electron chi connectivity index (χ4n) is 2.60. The van der Waals surface area contributed by atoms with Crippen molar-refractivity contribution in [3.8, 4) is 5.75 Å². The fraction of sp³-hybridized carbons (Fsp3) is 0.222. The smallest absolute Gasteiger partial charge is 0.267 e. The molecule has 0 saturated carbocycles. The lowest BCUT2D eigenvalue weighted by molar-refractivity contribution is -0.136. The molecule has 0 bridgehead atoms. The molecule has 6 heteroatoms. The van der Waals surface area contributed by atoms with Crippen LogP contribution < -0.4 is 4.74 Å². The molecule has 0 atom stereocenters. The number of hydrogen-bond donors (Lipinski definition) is 0. The lowest BCUT2D eigenvalue weighted by Gasteiger charge is -2.12. The molecule has 0 aliphatic carbocycles. The van der Waals surface area contributed by atoms with Gasteiger partial charge in [0.1, 0.15) is 11.5 Å². The molecule has 24 heavy (non-hydrogen) atoms. The summed E-state index contributed by atoms with van der Waals surface area (Å²) in [5.74, 6) is 1.26. The third-order valence-electron chi connectivity index (χ3n) is 3.76. The number of carbonyl (C=O) groups excluding carboxylic acids is 2. The van der Waals surface area contributed by atoms with Gasteiger partial charge in [0, 0.05) is 12.1 Å². The van der Waals surface area contributed by atoms with E-state index in [1.807, 2.05) is 18.2 Å². The molecule has 0 radical (unpaired) electrons. The average molecular weight is 343 g/mol. The molecule has 1 aromatic heterocycles. The van der Waals surface area contributed by atoms with Gasteiger partial charge in [0.15, 0.2) is 0 Å². The van der Waals surface area contributed by atoms with E-state index in [1.54, 1.807) is 38.5 Å². The summed E-state index contributed by atoms with van der Waals surface area (Å²) < 4.78 is 10.7. The van der Waals surface area contributed by atoms with Crippen molar-refractivity contribution in [2.45, 2.75) is 12.7 Å². The molecule has 3 rings (SSSR count). The Morgan fingerprint density at radius 3 is 2.58 bits per heavy atom. The summed E-state index contributed by atoms with van der Waals surface area (Å²) in [4.78, 5) is 27.1. The van der Waals surface area contributed by atoms with Crippen LogP contribution in [0.4, 0.5) is 0 Å². The lowest BCUT2D eigenvalue weighted by Crippen LogP contribution is -2.31. The Morgan fingerprint density at radius 2 is 1.92 bits per heavy atom. The summed E-state index contributed by atoms with van der Waals surface area (Å²) >= 11 is 1.31. The summed E-state index contributed by atoms with van der Waals surface area (Å²) in [6.45, 7) is 2.12. The Bertz CT molecular complexity index is 795. The standard InChI is InChI=1S/C18H17NO4S/c1-3-19-17(20)15(13-8-4-5-9-14(13)22-2)16(18(19)21)24-11-12-7-6-10-23-12/h4-10H,3,11H2,1-2H3. The van der Waals surface area contributed by atoms with E-state index in [9.17, 15) is 9.59 Å². The number of likely N-dealkylation sites (N-methyl/N-ethyl adjacent to an activating group) is 1. The predicted octanol–water partition coefficient (Wildman–Crippen LogP) is 3.32. The van der Waals surface area contributed by atoms with Gasteiger partial charge in [-0.1, -0.05) is 18.2 Å². The fourth-order valence-corrected chi connectivity index (χ4v) is 3.63. The van der Waals surface area contributed by atoms with Crippen LogP contribution in [-0.4, -0.2) is 30.4 Å². The minimum atomic E-state index is -0.283. The van der Waals surface area contributed by atoms with Gasteiger partial charge >= 0.3 is 0 Å². The second-order valence-electron chi connectivity index (χ2n) is 5.13. The molecule has 2 amide bonds. The molecular weight excluding hydrogens is 326 g/mol. The second kappa shape index (κ2) is 6.97. The normalized spacial score (nSPS) is 14.7. The number of furan rings is 1. The number of imide groups is 1. The number of benzene rings is 1. The Labute approximate surface area is 144 Å². The number of hydrogen-bond acceptors (Lipinski definition) is 5. The number of thioether (sulfide) groups is 1. The highest BCUT2D eigenvalue weighted by Crippen LogP contribution is 2.40. The molecule has 2 aromatic rings. The van der Waals surface area contributed by atoms with Crippen LogP contribution >= 0.6 is 11.8 Å². The number of rotatable bonds is 6. The van der Waals surface area contributed by atoms with Gasteiger partial charge in [-0.15, -0.1) is 11.8 Å². The van der Waals surface area contributed by atoms with Crippen LogP contribution in [0.2, 0.25) is 0 Å². The van der Waals surface area contributed by atoms with E-state index in [1.165, 1.54) is 16.7 Å². The zero-order chi connectivity index (χ0) is 17.1. The molecular formula is C18H17NO4S. The molecule has 1 aromatic carbocycles. The Kier molecular flexibility index (Phi) is 4.76. The van der Waals surface area contributed by atoms with Crippen LogP contribution in [0.3, 0.4) is 0 Å². The number of amides is 2. The van der Waals surface area contributed by atoms with E-state index in [-0.39, 0.29) is 11.8 Å². The van der Waals surface area contributed by atoms with E-state index >= 15 is 0 Å². The van der Waals surface area contributed by atoms with Crippen molar-refractivity contribution < 1.29 is 18.7 Å². The summed E-state index contributed by atoms with van der Waals surface area (Å²) in [7, 11) is 1.55. The Morgan fingerprint density at radius 1 is 1.12 bits per heavy atom. The van der Waals surface area contributed by atoms with Crippen molar-refractivity contribution in [2.75, 3.05) is 13.7 Å². The first-order valence-corrected chi connectivity index (χ1v) is 8.55. The van der Waals surface area contributed by atoms with Gasteiger partial charge in [-0.25, -0.2) is 0 Å². The highest BCUT2D eigenvalue weighted by Gasteiger charge is 2.39. The molecule has 0 N–H and O–H groups in total. The largest absolute Gasteiger partial charge is 0.496 e.